The Balaban J connectivity index is 1.85. The second kappa shape index (κ2) is 9.45. The Morgan fingerprint density at radius 1 is 1.15 bits per heavy atom. The van der Waals surface area contributed by atoms with Gasteiger partial charge in [-0.25, -0.2) is 4.79 Å². The highest BCUT2D eigenvalue weighted by atomic mass is 16.9. The van der Waals surface area contributed by atoms with Gasteiger partial charge in [0.1, 0.15) is 12.4 Å². The van der Waals surface area contributed by atoms with E-state index in [4.69, 9.17) is 18.9 Å². The zero-order chi connectivity index (χ0) is 19.1. The second-order valence-electron chi connectivity index (χ2n) is 6.04. The zero-order valence-corrected chi connectivity index (χ0v) is 15.2. The summed E-state index contributed by atoms with van der Waals surface area (Å²) in [6.45, 7) is 5.57. The molecule has 7 heteroatoms. The normalized spacial score (nSPS) is 20.0. The molecule has 0 aliphatic carbocycles. The molecule has 7 nitrogen and oxygen atoms in total. The van der Waals surface area contributed by atoms with Gasteiger partial charge in [0.2, 0.25) is 0 Å². The van der Waals surface area contributed by atoms with Crippen LogP contribution in [0.4, 0.5) is 0 Å². The molecule has 1 saturated heterocycles. The summed E-state index contributed by atoms with van der Waals surface area (Å²) in [4.78, 5) is 36.1. The molecule has 0 saturated carbocycles. The fourth-order valence-electron chi connectivity index (χ4n) is 2.32. The van der Waals surface area contributed by atoms with Gasteiger partial charge in [-0.2, -0.15) is 0 Å². The molecule has 0 spiro atoms. The molecule has 1 fully saturated rings. The van der Waals surface area contributed by atoms with Gasteiger partial charge in [-0.05, 0) is 44.5 Å². The molecule has 0 amide bonds. The van der Waals surface area contributed by atoms with Gasteiger partial charge in [0.05, 0.1) is 12.5 Å². The number of hydrogen-bond donors (Lipinski definition) is 0. The minimum Gasteiger partial charge on any atom is -0.488 e. The van der Waals surface area contributed by atoms with Gasteiger partial charge in [-0.3, -0.25) is 9.59 Å². The first-order valence-corrected chi connectivity index (χ1v) is 8.71. The number of ether oxygens (including phenoxy) is 4. The summed E-state index contributed by atoms with van der Waals surface area (Å²) in [6.07, 6.45) is 0.931. The van der Waals surface area contributed by atoms with E-state index in [1.54, 1.807) is 31.2 Å². The van der Waals surface area contributed by atoms with Crippen LogP contribution in [-0.4, -0.2) is 43.3 Å². The van der Waals surface area contributed by atoms with Crippen molar-refractivity contribution in [1.29, 1.82) is 0 Å². The van der Waals surface area contributed by atoms with Crippen molar-refractivity contribution in [3.63, 3.8) is 0 Å². The Bertz CT molecular complexity index is 632. The van der Waals surface area contributed by atoms with E-state index < -0.39 is 23.5 Å². The molecule has 1 unspecified atom stereocenters. The third-order valence-electron chi connectivity index (χ3n) is 3.93. The average molecular weight is 364 g/mol. The minimum absolute atomic E-state index is 0.182. The zero-order valence-electron chi connectivity index (χ0n) is 15.2. The summed E-state index contributed by atoms with van der Waals surface area (Å²) >= 11 is 0. The average Bonchev–Trinajstić information content (AvgIpc) is 2.63. The van der Waals surface area contributed by atoms with Gasteiger partial charge in [0.15, 0.2) is 18.4 Å². The molecule has 0 N–H and O–H groups in total. The minimum atomic E-state index is -1.09. The second-order valence-corrected chi connectivity index (χ2v) is 6.04. The van der Waals surface area contributed by atoms with E-state index >= 15 is 0 Å². The van der Waals surface area contributed by atoms with Crippen LogP contribution < -0.4 is 4.74 Å². The SMILES string of the molecule is CCCCOC(=O)C(=O)C(C)C(=O)c1ccc(OCC2OC(C)O2)cc1. The number of carbonyl (C=O) groups is 3. The summed E-state index contributed by atoms with van der Waals surface area (Å²) in [6, 6.07) is 6.34. The molecule has 142 valence electrons. The van der Waals surface area contributed by atoms with E-state index in [2.05, 4.69) is 0 Å². The van der Waals surface area contributed by atoms with Crippen LogP contribution in [0.25, 0.3) is 0 Å². The number of carbonyl (C=O) groups excluding carboxylic acids is 3. The fraction of sp³-hybridized carbons (Fsp3) is 0.526. The Morgan fingerprint density at radius 2 is 1.81 bits per heavy atom. The quantitative estimate of drug-likeness (QED) is 0.207. The van der Waals surface area contributed by atoms with Gasteiger partial charge < -0.3 is 18.9 Å². The highest BCUT2D eigenvalue weighted by Crippen LogP contribution is 2.19. The topological polar surface area (TPSA) is 88.1 Å². The number of ketones is 2. The molecule has 1 aliphatic rings. The summed E-state index contributed by atoms with van der Waals surface area (Å²) in [5.74, 6) is -2.78. The maximum Gasteiger partial charge on any atom is 0.375 e. The summed E-state index contributed by atoms with van der Waals surface area (Å²) in [5, 5.41) is 0. The van der Waals surface area contributed by atoms with E-state index in [9.17, 15) is 14.4 Å². The van der Waals surface area contributed by atoms with Crippen molar-refractivity contribution in [2.75, 3.05) is 13.2 Å². The maximum absolute atomic E-state index is 12.4. The molecular formula is C19H24O7. The Labute approximate surface area is 152 Å². The number of rotatable bonds is 10. The van der Waals surface area contributed by atoms with Gasteiger partial charge in [0, 0.05) is 5.56 Å². The fourth-order valence-corrected chi connectivity index (χ4v) is 2.32. The molecule has 26 heavy (non-hydrogen) atoms. The van der Waals surface area contributed by atoms with Crippen molar-refractivity contribution in [2.45, 2.75) is 46.2 Å². The van der Waals surface area contributed by atoms with Crippen molar-refractivity contribution >= 4 is 17.5 Å². The lowest BCUT2D eigenvalue weighted by molar-refractivity contribution is -0.380. The summed E-state index contributed by atoms with van der Waals surface area (Å²) < 4.78 is 20.9. The third kappa shape index (κ3) is 5.37. The molecule has 0 bridgehead atoms. The van der Waals surface area contributed by atoms with Crippen LogP contribution in [0.3, 0.4) is 0 Å². The molecule has 2 rings (SSSR count). The maximum atomic E-state index is 12.4. The number of hydrogen-bond acceptors (Lipinski definition) is 7. The molecule has 1 aromatic carbocycles. The lowest BCUT2D eigenvalue weighted by Crippen LogP contribution is -2.42. The Kier molecular flexibility index (Phi) is 7.29. The monoisotopic (exact) mass is 364 g/mol. The molecule has 1 aromatic rings. The molecular weight excluding hydrogens is 340 g/mol. The summed E-state index contributed by atoms with van der Waals surface area (Å²) in [5.41, 5.74) is 0.323. The van der Waals surface area contributed by atoms with Gasteiger partial charge in [-0.15, -0.1) is 0 Å². The smallest absolute Gasteiger partial charge is 0.375 e. The van der Waals surface area contributed by atoms with Crippen LogP contribution in [0.2, 0.25) is 0 Å². The largest absolute Gasteiger partial charge is 0.488 e. The number of esters is 1. The van der Waals surface area contributed by atoms with Gasteiger partial charge >= 0.3 is 5.97 Å². The first-order valence-electron chi connectivity index (χ1n) is 8.71. The van der Waals surface area contributed by atoms with Crippen LogP contribution in [0.15, 0.2) is 24.3 Å². The Morgan fingerprint density at radius 3 is 2.38 bits per heavy atom. The molecule has 1 atom stereocenters. The van der Waals surface area contributed by atoms with Crippen molar-refractivity contribution in [3.05, 3.63) is 29.8 Å². The predicted octanol–water partition coefficient (Wildman–Crippen LogP) is 2.52. The van der Waals surface area contributed by atoms with Crippen LogP contribution >= 0.6 is 0 Å². The summed E-state index contributed by atoms with van der Waals surface area (Å²) in [7, 11) is 0. The van der Waals surface area contributed by atoms with Gasteiger partial charge in [0.25, 0.3) is 5.78 Å². The number of unbranched alkanes of at least 4 members (excludes halogenated alkanes) is 1. The van der Waals surface area contributed by atoms with E-state index in [0.29, 0.717) is 17.7 Å². The Hall–Kier alpha value is -2.25. The number of Topliss-reactive ketones (excluding diaryl/α,β-unsaturated/α-hetero) is 2. The standard InChI is InChI=1S/C19H24O7/c1-4-5-10-23-19(22)18(21)12(2)17(20)14-6-8-15(9-7-14)24-11-16-25-13(3)26-16/h6-9,12-13,16H,4-5,10-11H2,1-3H3. The van der Waals surface area contributed by atoms with Crippen LogP contribution in [0, 0.1) is 5.92 Å². The van der Waals surface area contributed by atoms with Crippen LogP contribution in [-0.2, 0) is 23.8 Å². The highest BCUT2D eigenvalue weighted by molar-refractivity contribution is 6.39. The lowest BCUT2D eigenvalue weighted by atomic mass is 9.95. The van der Waals surface area contributed by atoms with Crippen molar-refractivity contribution in [1.82, 2.24) is 0 Å². The van der Waals surface area contributed by atoms with Crippen molar-refractivity contribution in [2.24, 2.45) is 5.92 Å². The molecule has 1 aliphatic heterocycles. The van der Waals surface area contributed by atoms with E-state index in [1.807, 2.05) is 6.92 Å². The van der Waals surface area contributed by atoms with Crippen molar-refractivity contribution in [3.8, 4) is 5.75 Å². The van der Waals surface area contributed by atoms with Crippen molar-refractivity contribution < 1.29 is 33.3 Å². The number of benzene rings is 1. The van der Waals surface area contributed by atoms with E-state index in [1.165, 1.54) is 6.92 Å². The first kappa shape index (κ1) is 20.1. The molecule has 0 aromatic heterocycles. The first-order chi connectivity index (χ1) is 12.4. The lowest BCUT2D eigenvalue weighted by Gasteiger charge is -2.33. The highest BCUT2D eigenvalue weighted by Gasteiger charge is 2.30. The molecule has 1 heterocycles. The van der Waals surface area contributed by atoms with E-state index in [0.717, 1.165) is 6.42 Å². The van der Waals surface area contributed by atoms with Crippen LogP contribution in [0.1, 0.15) is 44.0 Å². The third-order valence-corrected chi connectivity index (χ3v) is 3.93. The molecule has 0 radical (unpaired) electrons. The predicted molar refractivity (Wildman–Crippen MR) is 91.7 cm³/mol. The van der Waals surface area contributed by atoms with E-state index in [-0.39, 0.29) is 25.8 Å². The van der Waals surface area contributed by atoms with Crippen LogP contribution in [0.5, 0.6) is 5.75 Å². The van der Waals surface area contributed by atoms with Gasteiger partial charge in [-0.1, -0.05) is 13.3 Å².